The van der Waals surface area contributed by atoms with Gasteiger partial charge < -0.3 is 10.7 Å². The van der Waals surface area contributed by atoms with Crippen molar-refractivity contribution in [1.29, 1.82) is 0 Å². The Kier molecular flexibility index (Phi) is 2.48. The molecule has 74 valence electrons. The zero-order valence-electron chi connectivity index (χ0n) is 9.10. The lowest BCUT2D eigenvalue weighted by Crippen LogP contribution is -2.27. The van der Waals surface area contributed by atoms with Gasteiger partial charge in [0.15, 0.2) is 0 Å². The van der Waals surface area contributed by atoms with E-state index in [1.54, 1.807) is 0 Å². The van der Waals surface area contributed by atoms with Crippen molar-refractivity contribution in [2.75, 3.05) is 0 Å². The minimum atomic E-state index is -0.0279. The summed E-state index contributed by atoms with van der Waals surface area (Å²) in [4.78, 5) is 7.61. The normalized spacial score (nSPS) is 14.6. The van der Waals surface area contributed by atoms with Crippen molar-refractivity contribution in [2.45, 2.75) is 40.7 Å². The number of rotatable bonds is 1. The molecule has 0 unspecified atom stereocenters. The molecular formula is C10H19N3. The summed E-state index contributed by atoms with van der Waals surface area (Å²) in [5.41, 5.74) is 8.26. The van der Waals surface area contributed by atoms with Crippen LogP contribution in [0.4, 0.5) is 0 Å². The van der Waals surface area contributed by atoms with Crippen LogP contribution in [0, 0.1) is 19.3 Å². The maximum absolute atomic E-state index is 6.06. The van der Waals surface area contributed by atoms with E-state index in [1.165, 1.54) is 0 Å². The second-order valence-electron chi connectivity index (χ2n) is 4.68. The summed E-state index contributed by atoms with van der Waals surface area (Å²) in [5, 5.41) is 0. The molecule has 3 heteroatoms. The monoisotopic (exact) mass is 181 g/mol. The Balaban J connectivity index is 2.96. The number of imidazole rings is 1. The molecule has 0 aliphatic rings. The summed E-state index contributed by atoms with van der Waals surface area (Å²) < 4.78 is 0. The van der Waals surface area contributed by atoms with E-state index in [0.717, 1.165) is 17.2 Å². The first-order valence-electron chi connectivity index (χ1n) is 4.61. The van der Waals surface area contributed by atoms with E-state index in [9.17, 15) is 0 Å². The van der Waals surface area contributed by atoms with Crippen LogP contribution in [0.2, 0.25) is 0 Å². The van der Waals surface area contributed by atoms with Crippen LogP contribution in [0.15, 0.2) is 0 Å². The van der Waals surface area contributed by atoms with Gasteiger partial charge in [0, 0.05) is 5.69 Å². The molecule has 13 heavy (non-hydrogen) atoms. The molecule has 3 N–H and O–H groups in total. The first-order valence-corrected chi connectivity index (χ1v) is 4.61. The van der Waals surface area contributed by atoms with Crippen molar-refractivity contribution in [2.24, 2.45) is 11.1 Å². The molecule has 0 fully saturated rings. The van der Waals surface area contributed by atoms with Crippen LogP contribution in [0.3, 0.4) is 0 Å². The number of nitrogens with two attached hydrogens (primary N) is 1. The zero-order valence-corrected chi connectivity index (χ0v) is 9.10. The lowest BCUT2D eigenvalue weighted by Gasteiger charge is -2.24. The maximum atomic E-state index is 6.06. The van der Waals surface area contributed by atoms with Crippen LogP contribution < -0.4 is 5.73 Å². The van der Waals surface area contributed by atoms with Crippen LogP contribution >= 0.6 is 0 Å². The molecule has 1 aromatic heterocycles. The molecule has 0 saturated carbocycles. The number of nitrogens with zero attached hydrogens (tertiary/aromatic N) is 1. The molecule has 1 heterocycles. The second kappa shape index (κ2) is 3.14. The molecule has 0 radical (unpaired) electrons. The summed E-state index contributed by atoms with van der Waals surface area (Å²) in [6.07, 6.45) is 0. The highest BCUT2D eigenvalue weighted by Crippen LogP contribution is 2.28. The van der Waals surface area contributed by atoms with Crippen molar-refractivity contribution in [3.63, 3.8) is 0 Å². The average Bonchev–Trinajstić information content (AvgIpc) is 2.29. The average molecular weight is 181 g/mol. The van der Waals surface area contributed by atoms with Gasteiger partial charge in [0.1, 0.15) is 5.82 Å². The predicted molar refractivity (Wildman–Crippen MR) is 54.4 cm³/mol. The van der Waals surface area contributed by atoms with Gasteiger partial charge >= 0.3 is 0 Å². The van der Waals surface area contributed by atoms with E-state index in [4.69, 9.17) is 5.73 Å². The van der Waals surface area contributed by atoms with Crippen LogP contribution in [0.25, 0.3) is 0 Å². The Labute approximate surface area is 79.8 Å². The van der Waals surface area contributed by atoms with E-state index >= 15 is 0 Å². The van der Waals surface area contributed by atoms with Gasteiger partial charge in [-0.05, 0) is 19.3 Å². The third-order valence-corrected chi connectivity index (χ3v) is 2.37. The Bertz CT molecular complexity index is 274. The van der Waals surface area contributed by atoms with Crippen LogP contribution in [-0.2, 0) is 0 Å². The van der Waals surface area contributed by atoms with Crippen molar-refractivity contribution < 1.29 is 0 Å². The number of hydrogen-bond donors (Lipinski definition) is 2. The predicted octanol–water partition coefficient (Wildman–Crippen LogP) is 2.07. The van der Waals surface area contributed by atoms with Crippen molar-refractivity contribution in [1.82, 2.24) is 9.97 Å². The molecule has 0 saturated heterocycles. The molecule has 0 spiro atoms. The minimum Gasteiger partial charge on any atom is -0.345 e. The van der Waals surface area contributed by atoms with Gasteiger partial charge in [-0.2, -0.15) is 0 Å². The number of aromatic amines is 1. The Morgan fingerprint density at radius 2 is 1.85 bits per heavy atom. The molecule has 0 bridgehead atoms. The summed E-state index contributed by atoms with van der Waals surface area (Å²) >= 11 is 0. The molecule has 1 atom stereocenters. The lowest BCUT2D eigenvalue weighted by molar-refractivity contribution is 0.316. The molecular weight excluding hydrogens is 162 g/mol. The van der Waals surface area contributed by atoms with Crippen LogP contribution in [0.5, 0.6) is 0 Å². The Morgan fingerprint density at radius 3 is 2.15 bits per heavy atom. The summed E-state index contributed by atoms with van der Waals surface area (Å²) in [6.45, 7) is 10.4. The summed E-state index contributed by atoms with van der Waals surface area (Å²) in [6, 6.07) is -0.0279. The molecule has 0 amide bonds. The topological polar surface area (TPSA) is 54.7 Å². The molecule has 0 aliphatic carbocycles. The maximum Gasteiger partial charge on any atom is 0.124 e. The van der Waals surface area contributed by atoms with E-state index in [2.05, 4.69) is 30.7 Å². The van der Waals surface area contributed by atoms with Gasteiger partial charge in [0.25, 0.3) is 0 Å². The Morgan fingerprint density at radius 1 is 1.31 bits per heavy atom. The second-order valence-corrected chi connectivity index (χ2v) is 4.68. The molecule has 3 nitrogen and oxygen atoms in total. The fourth-order valence-electron chi connectivity index (χ4n) is 1.13. The zero-order chi connectivity index (χ0) is 10.2. The fourth-order valence-corrected chi connectivity index (χ4v) is 1.13. The van der Waals surface area contributed by atoms with E-state index in [0.29, 0.717) is 0 Å². The number of aryl methyl sites for hydroxylation is 2. The lowest BCUT2D eigenvalue weighted by atomic mass is 9.87. The highest BCUT2D eigenvalue weighted by Gasteiger charge is 2.24. The standard InChI is InChI=1S/C10H19N3/c1-6-7(2)13-9(12-6)8(11)10(3,4)5/h8H,11H2,1-5H3,(H,12,13)/t8-/m1/s1. The largest absolute Gasteiger partial charge is 0.345 e. The Hall–Kier alpha value is -0.830. The van der Waals surface area contributed by atoms with Crippen LogP contribution in [-0.4, -0.2) is 9.97 Å². The van der Waals surface area contributed by atoms with E-state index in [1.807, 2.05) is 13.8 Å². The fraction of sp³-hybridized carbons (Fsp3) is 0.700. The minimum absolute atomic E-state index is 0.0279. The first-order chi connectivity index (χ1) is 5.82. The highest BCUT2D eigenvalue weighted by atomic mass is 15.0. The number of aromatic nitrogens is 2. The van der Waals surface area contributed by atoms with Gasteiger partial charge in [-0.3, -0.25) is 0 Å². The third-order valence-electron chi connectivity index (χ3n) is 2.37. The summed E-state index contributed by atoms with van der Waals surface area (Å²) in [7, 11) is 0. The van der Waals surface area contributed by atoms with Gasteiger partial charge in [0.2, 0.25) is 0 Å². The molecule has 1 aromatic rings. The van der Waals surface area contributed by atoms with Gasteiger partial charge in [0.05, 0.1) is 11.7 Å². The van der Waals surface area contributed by atoms with Gasteiger partial charge in [-0.1, -0.05) is 20.8 Å². The van der Waals surface area contributed by atoms with Crippen LogP contribution in [0.1, 0.15) is 44.0 Å². The highest BCUT2D eigenvalue weighted by molar-refractivity contribution is 5.13. The number of hydrogen-bond acceptors (Lipinski definition) is 2. The van der Waals surface area contributed by atoms with Crippen molar-refractivity contribution in [3.05, 3.63) is 17.2 Å². The molecule has 1 rings (SSSR count). The van der Waals surface area contributed by atoms with E-state index in [-0.39, 0.29) is 11.5 Å². The SMILES string of the molecule is Cc1nc([C@@H](N)C(C)(C)C)[nH]c1C. The number of nitrogens with one attached hydrogen (secondary N) is 1. The quantitative estimate of drug-likeness (QED) is 0.697. The summed E-state index contributed by atoms with van der Waals surface area (Å²) in [5.74, 6) is 0.891. The molecule has 0 aromatic carbocycles. The van der Waals surface area contributed by atoms with Crippen molar-refractivity contribution in [3.8, 4) is 0 Å². The number of H-pyrrole nitrogens is 1. The van der Waals surface area contributed by atoms with Gasteiger partial charge in [-0.15, -0.1) is 0 Å². The van der Waals surface area contributed by atoms with E-state index < -0.39 is 0 Å². The smallest absolute Gasteiger partial charge is 0.124 e. The molecule has 0 aliphatic heterocycles. The first kappa shape index (κ1) is 10.3. The van der Waals surface area contributed by atoms with Gasteiger partial charge in [-0.25, -0.2) is 4.98 Å². The third kappa shape index (κ3) is 2.10. The van der Waals surface area contributed by atoms with Crippen molar-refractivity contribution >= 4 is 0 Å².